The van der Waals surface area contributed by atoms with Crippen LogP contribution in [0.2, 0.25) is 5.02 Å². The molecule has 4 heteroatoms. The molecule has 0 bridgehead atoms. The summed E-state index contributed by atoms with van der Waals surface area (Å²) >= 11 is 6.19. The number of fused-ring (bicyclic) bond motifs is 1. The lowest BCUT2D eigenvalue weighted by molar-refractivity contribution is 0.613. The highest BCUT2D eigenvalue weighted by Gasteiger charge is 2.15. The van der Waals surface area contributed by atoms with E-state index in [1.807, 2.05) is 24.3 Å². The summed E-state index contributed by atoms with van der Waals surface area (Å²) in [6.07, 6.45) is 1.71. The van der Waals surface area contributed by atoms with Crippen LogP contribution in [0, 0.1) is 6.92 Å². The molecule has 2 heterocycles. The van der Waals surface area contributed by atoms with E-state index in [9.17, 15) is 0 Å². The lowest BCUT2D eigenvalue weighted by Gasteiger charge is -2.18. The average molecular weight is 274 g/mol. The van der Waals surface area contributed by atoms with Crippen LogP contribution in [0.1, 0.15) is 28.3 Å². The minimum atomic E-state index is 0.688. The van der Waals surface area contributed by atoms with E-state index < -0.39 is 0 Å². The van der Waals surface area contributed by atoms with Gasteiger partial charge in [0.2, 0.25) is 0 Å². The number of hydrogen-bond donors (Lipinski definition) is 1. The van der Waals surface area contributed by atoms with Gasteiger partial charge in [-0.05, 0) is 37.1 Å². The minimum absolute atomic E-state index is 0.688. The zero-order chi connectivity index (χ0) is 13.2. The van der Waals surface area contributed by atoms with E-state index in [1.165, 1.54) is 5.56 Å². The summed E-state index contributed by atoms with van der Waals surface area (Å²) < 4.78 is 0. The lowest BCUT2D eigenvalue weighted by atomic mass is 10.0. The van der Waals surface area contributed by atoms with Crippen LogP contribution in [-0.4, -0.2) is 16.5 Å². The van der Waals surface area contributed by atoms with Gasteiger partial charge in [-0.3, -0.25) is 0 Å². The van der Waals surface area contributed by atoms with Gasteiger partial charge in [0.05, 0.1) is 5.69 Å². The van der Waals surface area contributed by atoms with E-state index in [-0.39, 0.29) is 0 Å². The second-order valence-electron chi connectivity index (χ2n) is 4.85. The standard InChI is InChI=1S/C15H16ClN3/c1-10-12-6-7-17-9-14(12)19-15(18-10)8-11-4-2-3-5-13(11)16/h2-5,17H,6-9H2,1H3. The molecule has 2 aromatic rings. The molecule has 1 N–H and O–H groups in total. The van der Waals surface area contributed by atoms with Gasteiger partial charge < -0.3 is 5.32 Å². The molecule has 0 radical (unpaired) electrons. The summed E-state index contributed by atoms with van der Waals surface area (Å²) in [5.41, 5.74) is 4.63. The smallest absolute Gasteiger partial charge is 0.133 e. The Morgan fingerprint density at radius 2 is 2.11 bits per heavy atom. The van der Waals surface area contributed by atoms with E-state index in [2.05, 4.69) is 22.2 Å². The Balaban J connectivity index is 1.94. The van der Waals surface area contributed by atoms with E-state index >= 15 is 0 Å². The van der Waals surface area contributed by atoms with Crippen LogP contribution in [0.15, 0.2) is 24.3 Å². The number of hydrogen-bond acceptors (Lipinski definition) is 3. The Hall–Kier alpha value is -1.45. The van der Waals surface area contributed by atoms with Gasteiger partial charge in [-0.1, -0.05) is 29.8 Å². The molecule has 3 nitrogen and oxygen atoms in total. The molecule has 19 heavy (non-hydrogen) atoms. The van der Waals surface area contributed by atoms with Crippen LogP contribution < -0.4 is 5.32 Å². The molecule has 0 aliphatic carbocycles. The Bertz CT molecular complexity index is 610. The van der Waals surface area contributed by atoms with Gasteiger partial charge in [0.1, 0.15) is 5.82 Å². The van der Waals surface area contributed by atoms with Gasteiger partial charge in [-0.15, -0.1) is 0 Å². The minimum Gasteiger partial charge on any atom is -0.311 e. The van der Waals surface area contributed by atoms with Gasteiger partial charge in [0.15, 0.2) is 0 Å². The fourth-order valence-electron chi connectivity index (χ4n) is 2.50. The Morgan fingerprint density at radius 3 is 2.95 bits per heavy atom. The van der Waals surface area contributed by atoms with Crippen molar-refractivity contribution in [2.75, 3.05) is 6.54 Å². The molecular formula is C15H16ClN3. The van der Waals surface area contributed by atoms with Crippen molar-refractivity contribution in [1.29, 1.82) is 0 Å². The van der Waals surface area contributed by atoms with Crippen LogP contribution in [0.3, 0.4) is 0 Å². The van der Waals surface area contributed by atoms with Crippen LogP contribution in [0.25, 0.3) is 0 Å². The average Bonchev–Trinajstić information content (AvgIpc) is 2.42. The van der Waals surface area contributed by atoms with E-state index in [4.69, 9.17) is 11.6 Å². The van der Waals surface area contributed by atoms with Crippen molar-refractivity contribution in [1.82, 2.24) is 15.3 Å². The van der Waals surface area contributed by atoms with Crippen LogP contribution in [0.4, 0.5) is 0 Å². The molecule has 98 valence electrons. The van der Waals surface area contributed by atoms with E-state index in [0.29, 0.717) is 6.42 Å². The number of benzene rings is 1. The van der Waals surface area contributed by atoms with Gasteiger partial charge in [0.25, 0.3) is 0 Å². The van der Waals surface area contributed by atoms with Crippen LogP contribution in [0.5, 0.6) is 0 Å². The first-order chi connectivity index (χ1) is 9.24. The van der Waals surface area contributed by atoms with Crippen molar-refractivity contribution in [3.05, 3.63) is 57.6 Å². The Morgan fingerprint density at radius 1 is 1.26 bits per heavy atom. The summed E-state index contributed by atoms with van der Waals surface area (Å²) in [4.78, 5) is 9.30. The monoisotopic (exact) mass is 273 g/mol. The largest absolute Gasteiger partial charge is 0.311 e. The molecule has 0 saturated carbocycles. The van der Waals surface area contributed by atoms with E-state index in [0.717, 1.165) is 47.3 Å². The normalized spacial score (nSPS) is 14.2. The molecule has 1 aliphatic rings. The fourth-order valence-corrected chi connectivity index (χ4v) is 2.70. The second-order valence-corrected chi connectivity index (χ2v) is 5.25. The zero-order valence-electron chi connectivity index (χ0n) is 10.9. The van der Waals surface area contributed by atoms with Crippen molar-refractivity contribution < 1.29 is 0 Å². The summed E-state index contributed by atoms with van der Waals surface area (Å²) in [7, 11) is 0. The van der Waals surface area contributed by atoms with Crippen LogP contribution in [-0.2, 0) is 19.4 Å². The van der Waals surface area contributed by atoms with Gasteiger partial charge >= 0.3 is 0 Å². The molecule has 0 amide bonds. The third kappa shape index (κ3) is 2.62. The zero-order valence-corrected chi connectivity index (χ0v) is 11.7. The summed E-state index contributed by atoms with van der Waals surface area (Å²) in [5, 5.41) is 4.13. The molecule has 0 atom stereocenters. The summed E-state index contributed by atoms with van der Waals surface area (Å²) in [6.45, 7) is 3.93. The maximum absolute atomic E-state index is 6.19. The Labute approximate surface area is 118 Å². The molecule has 1 aliphatic heterocycles. The number of nitrogens with zero attached hydrogens (tertiary/aromatic N) is 2. The van der Waals surface area contributed by atoms with Gasteiger partial charge in [0, 0.05) is 23.7 Å². The predicted molar refractivity (Wildman–Crippen MR) is 76.4 cm³/mol. The topological polar surface area (TPSA) is 37.8 Å². The third-order valence-electron chi connectivity index (χ3n) is 3.50. The molecule has 0 saturated heterocycles. The first-order valence-corrected chi connectivity index (χ1v) is 6.91. The lowest BCUT2D eigenvalue weighted by Crippen LogP contribution is -2.26. The highest BCUT2D eigenvalue weighted by Crippen LogP contribution is 2.20. The van der Waals surface area contributed by atoms with Crippen molar-refractivity contribution in [3.63, 3.8) is 0 Å². The van der Waals surface area contributed by atoms with E-state index in [1.54, 1.807) is 0 Å². The van der Waals surface area contributed by atoms with Crippen molar-refractivity contribution in [3.8, 4) is 0 Å². The number of nitrogens with one attached hydrogen (secondary N) is 1. The van der Waals surface area contributed by atoms with Crippen molar-refractivity contribution in [2.24, 2.45) is 0 Å². The fraction of sp³-hybridized carbons (Fsp3) is 0.333. The first-order valence-electron chi connectivity index (χ1n) is 6.53. The molecular weight excluding hydrogens is 258 g/mol. The first kappa shape index (κ1) is 12.6. The maximum Gasteiger partial charge on any atom is 0.133 e. The number of halogens is 1. The van der Waals surface area contributed by atoms with Gasteiger partial charge in [-0.2, -0.15) is 0 Å². The van der Waals surface area contributed by atoms with Crippen LogP contribution >= 0.6 is 11.6 Å². The highest BCUT2D eigenvalue weighted by atomic mass is 35.5. The molecule has 0 spiro atoms. The molecule has 3 rings (SSSR count). The molecule has 1 aromatic heterocycles. The predicted octanol–water partition coefficient (Wildman–Crippen LogP) is 2.67. The maximum atomic E-state index is 6.19. The summed E-state index contributed by atoms with van der Waals surface area (Å²) in [6, 6.07) is 7.87. The molecule has 1 aromatic carbocycles. The number of rotatable bonds is 2. The van der Waals surface area contributed by atoms with Crippen molar-refractivity contribution in [2.45, 2.75) is 26.3 Å². The number of aryl methyl sites for hydroxylation is 1. The van der Waals surface area contributed by atoms with Gasteiger partial charge in [-0.25, -0.2) is 9.97 Å². The SMILES string of the molecule is Cc1nc(Cc2ccccc2Cl)nc2c1CCNC2. The quantitative estimate of drug-likeness (QED) is 0.914. The molecule has 0 unspecified atom stereocenters. The third-order valence-corrected chi connectivity index (χ3v) is 3.87. The Kier molecular flexibility index (Phi) is 3.49. The second kappa shape index (κ2) is 5.27. The number of aromatic nitrogens is 2. The molecule has 0 fully saturated rings. The summed E-state index contributed by atoms with van der Waals surface area (Å²) in [5.74, 6) is 0.855. The highest BCUT2D eigenvalue weighted by molar-refractivity contribution is 6.31. The van der Waals surface area contributed by atoms with Crippen molar-refractivity contribution >= 4 is 11.6 Å².